The van der Waals surface area contributed by atoms with E-state index in [-0.39, 0.29) is 0 Å². The Hall–Kier alpha value is -1.28. The van der Waals surface area contributed by atoms with Crippen molar-refractivity contribution in [3.63, 3.8) is 0 Å². The molecule has 15 heteroatoms. The fraction of sp³-hybridized carbons (Fsp3) is 0.833. The molecule has 0 saturated heterocycles. The van der Waals surface area contributed by atoms with Gasteiger partial charge in [0.25, 0.3) is 0 Å². The highest BCUT2D eigenvalue weighted by atomic mass is 19.4. The van der Waals surface area contributed by atoms with E-state index in [9.17, 15) is 61.9 Å². The summed E-state index contributed by atoms with van der Waals surface area (Å²) in [6, 6.07) is -19.7. The van der Waals surface area contributed by atoms with Crippen LogP contribution >= 0.6 is 0 Å². The largest absolute Gasteiger partial charge is 0.469 e. The molecule has 0 heterocycles. The predicted octanol–water partition coefficient (Wildman–Crippen LogP) is 3.69. The van der Waals surface area contributed by atoms with Gasteiger partial charge in [-0.2, -0.15) is 57.1 Å². The molecule has 126 valence electrons. The van der Waals surface area contributed by atoms with Gasteiger partial charge in [0.2, 0.25) is 0 Å². The Morgan fingerprint density at radius 3 is 1.19 bits per heavy atom. The molecule has 0 aromatic rings. The van der Waals surface area contributed by atoms with Crippen LogP contribution in [0.1, 0.15) is 0 Å². The molecule has 0 aliphatic rings. The van der Waals surface area contributed by atoms with Crippen molar-refractivity contribution in [3.8, 4) is 0 Å². The van der Waals surface area contributed by atoms with Crippen molar-refractivity contribution < 1.29 is 61.9 Å². The van der Waals surface area contributed by atoms with Gasteiger partial charge < -0.3 is 0 Å². The first-order chi connectivity index (χ1) is 8.81. The second-order valence-corrected chi connectivity index (χ2v) is 3.23. The second kappa shape index (κ2) is 4.88. The fourth-order valence-corrected chi connectivity index (χ4v) is 0.880. The monoisotopic (exact) mass is 349 g/mol. The standard InChI is InChI=1S/C6F13NO/c7-1(21)2(8,9)4(13,14)20(6(17,18)19)5(15,16)3(10,11)12. The molecule has 21 heavy (non-hydrogen) atoms. The Bertz CT molecular complexity index is 406. The normalized spacial score (nSPS) is 15.5. The fourth-order valence-electron chi connectivity index (χ4n) is 0.880. The average molecular weight is 349 g/mol. The van der Waals surface area contributed by atoms with E-state index in [0.717, 1.165) is 0 Å². The third-order valence-electron chi connectivity index (χ3n) is 1.78. The first kappa shape index (κ1) is 19.7. The van der Waals surface area contributed by atoms with E-state index in [1.165, 1.54) is 0 Å². The van der Waals surface area contributed by atoms with E-state index >= 15 is 0 Å². The lowest BCUT2D eigenvalue weighted by molar-refractivity contribution is -0.480. The number of hydrogen-bond donors (Lipinski definition) is 0. The van der Waals surface area contributed by atoms with Crippen LogP contribution in [0.3, 0.4) is 0 Å². The second-order valence-electron chi connectivity index (χ2n) is 3.23. The molecular formula is C6F13NO. The molecule has 0 aromatic heterocycles. The SMILES string of the molecule is O=C(F)C(F)(F)C(F)(F)N(C(F)(F)F)C(F)(F)C(F)(F)F. The van der Waals surface area contributed by atoms with Crippen LogP contribution in [0.25, 0.3) is 0 Å². The highest BCUT2D eigenvalue weighted by Crippen LogP contribution is 2.52. The van der Waals surface area contributed by atoms with Gasteiger partial charge in [-0.1, -0.05) is 4.90 Å². The Balaban J connectivity index is 6.31. The lowest BCUT2D eigenvalue weighted by atomic mass is 10.2. The molecule has 0 aliphatic carbocycles. The van der Waals surface area contributed by atoms with Crippen molar-refractivity contribution in [3.05, 3.63) is 0 Å². The van der Waals surface area contributed by atoms with E-state index in [1.807, 2.05) is 0 Å². The molecule has 0 radical (unpaired) electrons. The van der Waals surface area contributed by atoms with Crippen LogP contribution in [-0.2, 0) is 4.79 Å². The van der Waals surface area contributed by atoms with Gasteiger partial charge in [-0.3, -0.25) is 4.79 Å². The molecule has 0 saturated carbocycles. The van der Waals surface area contributed by atoms with Gasteiger partial charge in [0, 0.05) is 0 Å². The maximum Gasteiger partial charge on any atom is 0.469 e. The first-order valence-electron chi connectivity index (χ1n) is 4.08. The summed E-state index contributed by atoms with van der Waals surface area (Å²) in [5.41, 5.74) is 0. The Kier molecular flexibility index (Phi) is 4.58. The Labute approximate surface area is 105 Å². The third-order valence-corrected chi connectivity index (χ3v) is 1.78. The maximum absolute atomic E-state index is 12.7. The summed E-state index contributed by atoms with van der Waals surface area (Å²) in [6.07, 6.45) is -14.8. The number of halogens is 13. The zero-order valence-electron chi connectivity index (χ0n) is 8.77. The van der Waals surface area contributed by atoms with Crippen LogP contribution in [0, 0.1) is 0 Å². The molecule has 0 N–H and O–H groups in total. The van der Waals surface area contributed by atoms with E-state index in [2.05, 4.69) is 0 Å². The zero-order valence-corrected chi connectivity index (χ0v) is 8.77. The summed E-state index contributed by atoms with van der Waals surface area (Å²) < 4.78 is 157. The van der Waals surface area contributed by atoms with Crippen LogP contribution in [0.15, 0.2) is 0 Å². The number of alkyl halides is 12. The average Bonchev–Trinajstić information content (AvgIpc) is 2.10. The molecule has 0 unspecified atom stereocenters. The number of hydrogen-bond acceptors (Lipinski definition) is 2. The minimum absolute atomic E-state index is 4.23. The van der Waals surface area contributed by atoms with E-state index in [4.69, 9.17) is 0 Å². The van der Waals surface area contributed by atoms with E-state index in [1.54, 1.807) is 0 Å². The molecule has 0 amide bonds. The zero-order chi connectivity index (χ0) is 17.7. The number of carbonyl (C=O) groups is 1. The van der Waals surface area contributed by atoms with Crippen LogP contribution < -0.4 is 0 Å². The molecule has 0 fully saturated rings. The van der Waals surface area contributed by atoms with E-state index in [0.29, 0.717) is 0 Å². The molecule has 0 aliphatic heterocycles. The number of nitrogens with zero attached hydrogens (tertiary/aromatic N) is 1. The van der Waals surface area contributed by atoms with Gasteiger partial charge in [0.15, 0.2) is 0 Å². The summed E-state index contributed by atoms with van der Waals surface area (Å²) in [6.45, 7) is 0. The molecule has 2 nitrogen and oxygen atoms in total. The maximum atomic E-state index is 12.7. The smallest absolute Gasteiger partial charge is 0.254 e. The van der Waals surface area contributed by atoms with Crippen molar-refractivity contribution in [2.24, 2.45) is 0 Å². The van der Waals surface area contributed by atoms with Crippen molar-refractivity contribution in [2.75, 3.05) is 0 Å². The molecule has 0 rings (SSSR count). The topological polar surface area (TPSA) is 20.3 Å². The van der Waals surface area contributed by atoms with E-state index < -0.39 is 41.4 Å². The molecular weight excluding hydrogens is 349 g/mol. The quantitative estimate of drug-likeness (QED) is 0.438. The van der Waals surface area contributed by atoms with Gasteiger partial charge >= 0.3 is 36.5 Å². The molecule has 0 aromatic carbocycles. The number of rotatable bonds is 4. The highest BCUT2D eigenvalue weighted by Gasteiger charge is 2.82. The van der Waals surface area contributed by atoms with Gasteiger partial charge in [0.05, 0.1) is 0 Å². The minimum Gasteiger partial charge on any atom is -0.254 e. The van der Waals surface area contributed by atoms with Gasteiger partial charge in [-0.25, -0.2) is 0 Å². The number of carbonyl (C=O) groups excluding carboxylic acids is 1. The van der Waals surface area contributed by atoms with Crippen molar-refractivity contribution >= 4 is 6.04 Å². The highest BCUT2D eigenvalue weighted by molar-refractivity contribution is 5.77. The van der Waals surface area contributed by atoms with Gasteiger partial charge in [-0.15, -0.1) is 0 Å². The summed E-state index contributed by atoms with van der Waals surface area (Å²) in [5, 5.41) is 0. The minimum atomic E-state index is -7.58. The van der Waals surface area contributed by atoms with Crippen LogP contribution in [-0.4, -0.2) is 41.4 Å². The molecule has 0 bridgehead atoms. The lowest BCUT2D eigenvalue weighted by Gasteiger charge is -2.39. The summed E-state index contributed by atoms with van der Waals surface area (Å²) in [5.74, 6) is -7.11. The lowest BCUT2D eigenvalue weighted by Crippen LogP contribution is -2.70. The summed E-state index contributed by atoms with van der Waals surface area (Å²) in [7, 11) is 0. The summed E-state index contributed by atoms with van der Waals surface area (Å²) in [4.78, 5) is 5.27. The molecule has 0 atom stereocenters. The molecule has 0 spiro atoms. The summed E-state index contributed by atoms with van der Waals surface area (Å²) >= 11 is 0. The third kappa shape index (κ3) is 3.16. The van der Waals surface area contributed by atoms with Crippen LogP contribution in [0.2, 0.25) is 0 Å². The van der Waals surface area contributed by atoms with Crippen molar-refractivity contribution in [2.45, 2.75) is 30.5 Å². The van der Waals surface area contributed by atoms with Gasteiger partial charge in [-0.05, 0) is 0 Å². The van der Waals surface area contributed by atoms with Gasteiger partial charge in [0.1, 0.15) is 0 Å². The first-order valence-corrected chi connectivity index (χ1v) is 4.08. The van der Waals surface area contributed by atoms with Crippen molar-refractivity contribution in [1.29, 1.82) is 0 Å². The Morgan fingerprint density at radius 2 is 1.00 bits per heavy atom. The Morgan fingerprint density at radius 1 is 0.667 bits per heavy atom. The van der Waals surface area contributed by atoms with Crippen molar-refractivity contribution in [1.82, 2.24) is 4.90 Å². The van der Waals surface area contributed by atoms with Crippen LogP contribution in [0.5, 0.6) is 0 Å². The van der Waals surface area contributed by atoms with Crippen LogP contribution in [0.4, 0.5) is 57.1 Å². The predicted molar refractivity (Wildman–Crippen MR) is 34.9 cm³/mol.